The Morgan fingerprint density at radius 1 is 1.38 bits per heavy atom. The van der Waals surface area contributed by atoms with Gasteiger partial charge in [0.1, 0.15) is 0 Å². The van der Waals surface area contributed by atoms with Crippen LogP contribution in [0.15, 0.2) is 32.8 Å². The lowest BCUT2D eigenvalue weighted by Gasteiger charge is -2.13. The molecule has 110 valence electrons. The molecule has 3 aromatic rings. The van der Waals surface area contributed by atoms with Gasteiger partial charge in [0.15, 0.2) is 5.76 Å². The van der Waals surface area contributed by atoms with E-state index in [1.807, 2.05) is 25.5 Å². The second-order valence-electron chi connectivity index (χ2n) is 4.84. The Labute approximate surface area is 126 Å². The Kier molecular flexibility index (Phi) is 4.12. The maximum Gasteiger partial charge on any atom is 0.241 e. The smallest absolute Gasteiger partial charge is 0.241 e. The molecule has 0 aliphatic heterocycles. The van der Waals surface area contributed by atoms with E-state index in [1.54, 1.807) is 23.7 Å². The first-order valence-corrected chi connectivity index (χ1v) is 7.54. The van der Waals surface area contributed by atoms with Crippen molar-refractivity contribution in [3.63, 3.8) is 0 Å². The summed E-state index contributed by atoms with van der Waals surface area (Å²) in [7, 11) is 2.03. The first-order valence-electron chi connectivity index (χ1n) is 6.66. The average molecular weight is 304 g/mol. The third-order valence-corrected chi connectivity index (χ3v) is 4.18. The minimum atomic E-state index is 0.488. The van der Waals surface area contributed by atoms with E-state index in [0.717, 1.165) is 18.7 Å². The van der Waals surface area contributed by atoms with Crippen LogP contribution in [0.1, 0.15) is 16.5 Å². The van der Waals surface area contributed by atoms with Crippen LogP contribution in [0.3, 0.4) is 0 Å². The van der Waals surface area contributed by atoms with Crippen LogP contribution in [0.25, 0.3) is 11.6 Å². The SMILES string of the molecule is Cc1ncsc1CCN(C)Cc1nc(-c2ccco2)no1. The summed E-state index contributed by atoms with van der Waals surface area (Å²) in [6.45, 7) is 3.58. The van der Waals surface area contributed by atoms with Crippen LogP contribution in [0.4, 0.5) is 0 Å². The zero-order valence-electron chi connectivity index (χ0n) is 11.9. The highest BCUT2D eigenvalue weighted by molar-refractivity contribution is 7.09. The molecule has 0 aliphatic rings. The van der Waals surface area contributed by atoms with Gasteiger partial charge in [-0.05, 0) is 32.5 Å². The predicted octanol–water partition coefficient (Wildman–Crippen LogP) is 2.77. The van der Waals surface area contributed by atoms with E-state index in [2.05, 4.69) is 20.0 Å². The lowest BCUT2D eigenvalue weighted by Crippen LogP contribution is -2.20. The van der Waals surface area contributed by atoms with Crippen molar-refractivity contribution < 1.29 is 8.94 Å². The summed E-state index contributed by atoms with van der Waals surface area (Å²) in [4.78, 5) is 12.1. The molecule has 0 unspecified atom stereocenters. The van der Waals surface area contributed by atoms with Crippen LogP contribution < -0.4 is 0 Å². The number of rotatable bonds is 6. The van der Waals surface area contributed by atoms with Crippen molar-refractivity contribution in [2.75, 3.05) is 13.6 Å². The van der Waals surface area contributed by atoms with Crippen molar-refractivity contribution >= 4 is 11.3 Å². The number of hydrogen-bond donors (Lipinski definition) is 0. The fourth-order valence-electron chi connectivity index (χ4n) is 1.99. The highest BCUT2D eigenvalue weighted by Crippen LogP contribution is 2.17. The summed E-state index contributed by atoms with van der Waals surface area (Å²) in [6.07, 6.45) is 2.57. The molecule has 0 fully saturated rings. The fourth-order valence-corrected chi connectivity index (χ4v) is 2.76. The van der Waals surface area contributed by atoms with E-state index >= 15 is 0 Å². The number of nitrogens with zero attached hydrogens (tertiary/aromatic N) is 4. The molecule has 0 amide bonds. The number of furan rings is 1. The molecule has 3 aromatic heterocycles. The quantitative estimate of drug-likeness (QED) is 0.697. The van der Waals surface area contributed by atoms with Gasteiger partial charge in [-0.2, -0.15) is 4.98 Å². The highest BCUT2D eigenvalue weighted by atomic mass is 32.1. The van der Waals surface area contributed by atoms with Crippen molar-refractivity contribution in [2.24, 2.45) is 0 Å². The Balaban J connectivity index is 1.55. The molecule has 0 saturated heterocycles. The second-order valence-corrected chi connectivity index (χ2v) is 5.78. The van der Waals surface area contributed by atoms with Gasteiger partial charge in [0.25, 0.3) is 0 Å². The standard InChI is InChI=1S/C14H16N4O2S/c1-10-12(21-9-15-10)5-6-18(2)8-13-16-14(17-20-13)11-4-3-7-19-11/h3-4,7,9H,5-6,8H2,1-2H3. The highest BCUT2D eigenvalue weighted by Gasteiger charge is 2.13. The lowest BCUT2D eigenvalue weighted by molar-refractivity contribution is 0.269. The van der Waals surface area contributed by atoms with Crippen molar-refractivity contribution in [3.05, 3.63) is 40.4 Å². The van der Waals surface area contributed by atoms with Crippen molar-refractivity contribution in [1.29, 1.82) is 0 Å². The molecule has 0 atom stereocenters. The normalized spacial score (nSPS) is 11.4. The van der Waals surface area contributed by atoms with Gasteiger partial charge >= 0.3 is 0 Å². The summed E-state index contributed by atoms with van der Waals surface area (Å²) < 4.78 is 10.5. The molecular formula is C14H16N4O2S. The van der Waals surface area contributed by atoms with Gasteiger partial charge in [0.05, 0.1) is 24.0 Å². The Morgan fingerprint density at radius 2 is 2.29 bits per heavy atom. The van der Waals surface area contributed by atoms with Crippen molar-refractivity contribution in [3.8, 4) is 11.6 Å². The van der Waals surface area contributed by atoms with Gasteiger partial charge in [-0.1, -0.05) is 5.16 Å². The van der Waals surface area contributed by atoms with E-state index in [9.17, 15) is 0 Å². The number of thiazole rings is 1. The largest absolute Gasteiger partial charge is 0.461 e. The Hall–Kier alpha value is -1.99. The fraction of sp³-hybridized carbons (Fsp3) is 0.357. The first-order chi connectivity index (χ1) is 10.2. The number of likely N-dealkylation sites (N-methyl/N-ethyl adjacent to an activating group) is 1. The first kappa shape index (κ1) is 14.0. The predicted molar refractivity (Wildman–Crippen MR) is 78.9 cm³/mol. The third kappa shape index (κ3) is 3.37. The van der Waals surface area contributed by atoms with Gasteiger partial charge in [-0.3, -0.25) is 4.90 Å². The lowest BCUT2D eigenvalue weighted by atomic mass is 10.3. The molecule has 0 spiro atoms. The molecule has 0 bridgehead atoms. The van der Waals surface area contributed by atoms with Crippen LogP contribution in [0.2, 0.25) is 0 Å². The monoisotopic (exact) mass is 304 g/mol. The van der Waals surface area contributed by atoms with Crippen LogP contribution in [0.5, 0.6) is 0 Å². The summed E-state index contributed by atoms with van der Waals surface area (Å²) >= 11 is 1.70. The molecule has 0 aliphatic carbocycles. The molecule has 0 aromatic carbocycles. The summed E-state index contributed by atoms with van der Waals surface area (Å²) in [5, 5.41) is 3.92. The summed E-state index contributed by atoms with van der Waals surface area (Å²) in [6, 6.07) is 3.61. The minimum Gasteiger partial charge on any atom is -0.461 e. The van der Waals surface area contributed by atoms with Gasteiger partial charge in [-0.25, -0.2) is 4.98 Å². The molecule has 3 heterocycles. The van der Waals surface area contributed by atoms with Crippen LogP contribution in [0, 0.1) is 6.92 Å². The molecule has 7 heteroatoms. The summed E-state index contributed by atoms with van der Waals surface area (Å²) in [5.74, 6) is 1.69. The maximum absolute atomic E-state index is 5.25. The minimum absolute atomic E-state index is 0.488. The molecular weight excluding hydrogens is 288 g/mol. The number of hydrogen-bond acceptors (Lipinski definition) is 7. The topological polar surface area (TPSA) is 68.2 Å². The Morgan fingerprint density at radius 3 is 3.00 bits per heavy atom. The second kappa shape index (κ2) is 6.19. The van der Waals surface area contributed by atoms with Crippen LogP contribution >= 0.6 is 11.3 Å². The molecule has 6 nitrogen and oxygen atoms in total. The molecule has 0 radical (unpaired) electrons. The Bertz CT molecular complexity index is 689. The molecule has 0 N–H and O–H groups in total. The molecule has 0 saturated carbocycles. The van der Waals surface area contributed by atoms with Gasteiger partial charge in [-0.15, -0.1) is 11.3 Å². The zero-order valence-corrected chi connectivity index (χ0v) is 12.8. The van der Waals surface area contributed by atoms with Crippen LogP contribution in [-0.4, -0.2) is 33.6 Å². The van der Waals surface area contributed by atoms with E-state index in [4.69, 9.17) is 8.94 Å². The molecule has 21 heavy (non-hydrogen) atoms. The van der Waals surface area contributed by atoms with E-state index < -0.39 is 0 Å². The van der Waals surface area contributed by atoms with Gasteiger partial charge in [0.2, 0.25) is 11.7 Å². The average Bonchev–Trinajstić information content (AvgIpc) is 3.17. The van der Waals surface area contributed by atoms with Crippen molar-refractivity contribution in [1.82, 2.24) is 20.0 Å². The van der Waals surface area contributed by atoms with Crippen LogP contribution in [-0.2, 0) is 13.0 Å². The maximum atomic E-state index is 5.25. The van der Waals surface area contributed by atoms with E-state index in [1.165, 1.54) is 4.88 Å². The number of aromatic nitrogens is 3. The van der Waals surface area contributed by atoms with E-state index in [-0.39, 0.29) is 0 Å². The zero-order chi connectivity index (χ0) is 14.7. The number of aryl methyl sites for hydroxylation is 1. The third-order valence-electron chi connectivity index (χ3n) is 3.18. The summed E-state index contributed by atoms with van der Waals surface area (Å²) in [5.41, 5.74) is 3.00. The molecule has 3 rings (SSSR count). The van der Waals surface area contributed by atoms with Gasteiger partial charge in [0, 0.05) is 11.4 Å². The van der Waals surface area contributed by atoms with Gasteiger partial charge < -0.3 is 8.94 Å². The van der Waals surface area contributed by atoms with E-state index in [0.29, 0.717) is 24.0 Å². The van der Waals surface area contributed by atoms with Crippen molar-refractivity contribution in [2.45, 2.75) is 19.9 Å².